The molecule has 1 aromatic carbocycles. The zero-order valence-corrected chi connectivity index (χ0v) is 14.8. The molecular formula is C19H14Cl2N4. The van der Waals surface area contributed by atoms with Crippen molar-refractivity contribution in [3.63, 3.8) is 0 Å². The summed E-state index contributed by atoms with van der Waals surface area (Å²) in [6, 6.07) is 11.3. The highest BCUT2D eigenvalue weighted by Crippen LogP contribution is 2.57. The van der Waals surface area contributed by atoms with Gasteiger partial charge in [0.25, 0.3) is 0 Å². The molecule has 6 heteroatoms. The van der Waals surface area contributed by atoms with E-state index in [1.54, 1.807) is 18.2 Å². The van der Waals surface area contributed by atoms with Crippen LogP contribution in [0.25, 0.3) is 0 Å². The Bertz CT molecular complexity index is 890. The molecule has 0 bridgehead atoms. The van der Waals surface area contributed by atoms with Gasteiger partial charge in [-0.25, -0.2) is 0 Å². The van der Waals surface area contributed by atoms with Crippen LogP contribution in [0.4, 0.5) is 0 Å². The second kappa shape index (κ2) is 6.45. The maximum absolute atomic E-state index is 9.93. The molecule has 2 atom stereocenters. The second-order valence-corrected chi connectivity index (χ2v) is 7.06. The molecule has 2 aliphatic carbocycles. The summed E-state index contributed by atoms with van der Waals surface area (Å²) in [7, 11) is 0. The number of fused-ring (bicyclic) bond motifs is 1. The number of allylic oxidation sites excluding steroid dienone is 4. The molecule has 2 N–H and O–H groups in total. The van der Waals surface area contributed by atoms with E-state index in [0.29, 0.717) is 15.6 Å². The summed E-state index contributed by atoms with van der Waals surface area (Å²) in [5.74, 6) is -0.820. The molecular weight excluding hydrogens is 355 g/mol. The van der Waals surface area contributed by atoms with Crippen LogP contribution in [0.5, 0.6) is 0 Å². The smallest absolute Gasteiger partial charge is 0.191 e. The number of benzene rings is 1. The average Bonchev–Trinajstić information content (AvgIpc) is 2.62. The van der Waals surface area contributed by atoms with Crippen molar-refractivity contribution >= 4 is 23.2 Å². The lowest BCUT2D eigenvalue weighted by Gasteiger charge is -2.43. The van der Waals surface area contributed by atoms with E-state index in [2.05, 4.69) is 18.2 Å². The van der Waals surface area contributed by atoms with Gasteiger partial charge in [0, 0.05) is 16.0 Å². The Morgan fingerprint density at radius 1 is 1.12 bits per heavy atom. The molecule has 3 rings (SSSR count). The van der Waals surface area contributed by atoms with Crippen molar-refractivity contribution in [3.05, 3.63) is 56.7 Å². The number of hydrogen-bond donors (Lipinski definition) is 1. The summed E-state index contributed by atoms with van der Waals surface area (Å²) in [4.78, 5) is 0. The molecule has 0 radical (unpaired) electrons. The van der Waals surface area contributed by atoms with E-state index in [0.717, 1.165) is 24.8 Å². The quantitative estimate of drug-likeness (QED) is 0.783. The minimum Gasteiger partial charge on any atom is -0.399 e. The predicted molar refractivity (Wildman–Crippen MR) is 95.1 cm³/mol. The molecule has 0 amide bonds. The highest BCUT2D eigenvalue weighted by molar-refractivity contribution is 6.36. The largest absolute Gasteiger partial charge is 0.399 e. The molecule has 4 nitrogen and oxygen atoms in total. The van der Waals surface area contributed by atoms with E-state index in [-0.39, 0.29) is 17.2 Å². The fourth-order valence-corrected chi connectivity index (χ4v) is 4.63. The van der Waals surface area contributed by atoms with Crippen molar-refractivity contribution in [1.82, 2.24) is 0 Å². The second-order valence-electron chi connectivity index (χ2n) is 6.24. The van der Waals surface area contributed by atoms with Gasteiger partial charge in [0.15, 0.2) is 5.41 Å². The zero-order chi connectivity index (χ0) is 18.2. The lowest BCUT2D eigenvalue weighted by atomic mass is 9.56. The average molecular weight is 369 g/mol. The first-order chi connectivity index (χ1) is 12.0. The highest BCUT2D eigenvalue weighted by atomic mass is 35.5. The third-order valence-electron chi connectivity index (χ3n) is 5.11. The first-order valence-corrected chi connectivity index (χ1v) is 8.64. The molecule has 2 unspecified atom stereocenters. The summed E-state index contributed by atoms with van der Waals surface area (Å²) in [5.41, 5.74) is 6.11. The first-order valence-electron chi connectivity index (χ1n) is 7.89. The number of rotatable bonds is 1. The molecule has 0 saturated carbocycles. The molecule has 0 spiro atoms. The topological polar surface area (TPSA) is 97.4 Å². The standard InChI is InChI=1S/C19H14Cl2N4/c20-14-6-3-7-15(21)16(14)17-12-5-2-1-4-11(12)13(8-22)18(25)19(17,9-23)10-24/h3-4,6-7,12,17H,1-2,5,25H2. The molecule has 1 aromatic rings. The number of nitriles is 3. The van der Waals surface area contributed by atoms with Gasteiger partial charge in [-0.05, 0) is 48.4 Å². The zero-order valence-electron chi connectivity index (χ0n) is 13.3. The predicted octanol–water partition coefficient (Wildman–Crippen LogP) is 4.59. The Kier molecular flexibility index (Phi) is 4.49. The van der Waals surface area contributed by atoms with Crippen molar-refractivity contribution in [2.24, 2.45) is 17.1 Å². The van der Waals surface area contributed by atoms with E-state index >= 15 is 0 Å². The van der Waals surface area contributed by atoms with Gasteiger partial charge in [0.05, 0.1) is 23.4 Å². The molecule has 25 heavy (non-hydrogen) atoms. The van der Waals surface area contributed by atoms with Crippen molar-refractivity contribution in [2.45, 2.75) is 25.2 Å². The Hall–Kier alpha value is -2.45. The summed E-state index contributed by atoms with van der Waals surface area (Å²) in [6.45, 7) is 0. The number of nitrogens with two attached hydrogens (primary N) is 1. The van der Waals surface area contributed by atoms with E-state index in [1.165, 1.54) is 0 Å². The van der Waals surface area contributed by atoms with Crippen LogP contribution < -0.4 is 5.73 Å². The highest BCUT2D eigenvalue weighted by Gasteiger charge is 2.54. The monoisotopic (exact) mass is 368 g/mol. The van der Waals surface area contributed by atoms with Gasteiger partial charge >= 0.3 is 0 Å². The minimum atomic E-state index is -1.68. The van der Waals surface area contributed by atoms with Gasteiger partial charge < -0.3 is 5.73 Å². The summed E-state index contributed by atoms with van der Waals surface area (Å²) < 4.78 is 0. The SMILES string of the molecule is N#CC1=C(N)C(C#N)(C#N)C(c2c(Cl)cccc2Cl)C2CCCC=C12. The third kappa shape index (κ3) is 2.40. The fourth-order valence-electron chi connectivity index (χ4n) is 3.99. The van der Waals surface area contributed by atoms with Gasteiger partial charge in [-0.3, -0.25) is 0 Å². The van der Waals surface area contributed by atoms with Crippen molar-refractivity contribution < 1.29 is 0 Å². The van der Waals surface area contributed by atoms with Crippen molar-refractivity contribution in [1.29, 1.82) is 15.8 Å². The van der Waals surface area contributed by atoms with E-state index in [4.69, 9.17) is 28.9 Å². The first kappa shape index (κ1) is 17.4. The van der Waals surface area contributed by atoms with Crippen LogP contribution in [0, 0.1) is 45.3 Å². The van der Waals surface area contributed by atoms with Gasteiger partial charge in [-0.2, -0.15) is 15.8 Å². The Morgan fingerprint density at radius 2 is 1.76 bits per heavy atom. The van der Waals surface area contributed by atoms with E-state index < -0.39 is 11.3 Å². The Morgan fingerprint density at radius 3 is 2.32 bits per heavy atom. The van der Waals surface area contributed by atoms with Crippen molar-refractivity contribution in [2.75, 3.05) is 0 Å². The summed E-state index contributed by atoms with van der Waals surface area (Å²) in [6.07, 6.45) is 4.45. The van der Waals surface area contributed by atoms with Crippen LogP contribution in [0.1, 0.15) is 30.7 Å². The Balaban J connectivity index is 2.41. The molecule has 0 saturated heterocycles. The maximum Gasteiger partial charge on any atom is 0.191 e. The van der Waals surface area contributed by atoms with Crippen LogP contribution >= 0.6 is 23.2 Å². The normalized spacial score (nSPS) is 24.4. The molecule has 124 valence electrons. The van der Waals surface area contributed by atoms with Crippen LogP contribution in [0.2, 0.25) is 10.0 Å². The molecule has 0 heterocycles. The number of hydrogen-bond acceptors (Lipinski definition) is 4. The number of halogens is 2. The summed E-state index contributed by atoms with van der Waals surface area (Å²) >= 11 is 12.8. The van der Waals surface area contributed by atoms with Gasteiger partial charge in [0.1, 0.15) is 6.07 Å². The minimum absolute atomic E-state index is 0.00890. The molecule has 2 aliphatic rings. The lowest BCUT2D eigenvalue weighted by molar-refractivity contribution is 0.317. The third-order valence-corrected chi connectivity index (χ3v) is 5.77. The summed E-state index contributed by atoms with van der Waals surface area (Å²) in [5, 5.41) is 30.2. The van der Waals surface area contributed by atoms with Gasteiger partial charge in [-0.1, -0.05) is 35.3 Å². The van der Waals surface area contributed by atoms with Crippen LogP contribution in [0.3, 0.4) is 0 Å². The van der Waals surface area contributed by atoms with E-state index in [9.17, 15) is 15.8 Å². The van der Waals surface area contributed by atoms with Gasteiger partial charge in [-0.15, -0.1) is 0 Å². The maximum atomic E-state index is 9.93. The van der Waals surface area contributed by atoms with Crippen LogP contribution in [-0.4, -0.2) is 0 Å². The fraction of sp³-hybridized carbons (Fsp3) is 0.316. The molecule has 0 fully saturated rings. The Labute approximate surface area is 156 Å². The van der Waals surface area contributed by atoms with Crippen LogP contribution in [0.15, 0.2) is 41.1 Å². The van der Waals surface area contributed by atoms with Gasteiger partial charge in [0.2, 0.25) is 0 Å². The van der Waals surface area contributed by atoms with Crippen molar-refractivity contribution in [3.8, 4) is 18.2 Å². The molecule has 0 aliphatic heterocycles. The molecule has 0 aromatic heterocycles. The van der Waals surface area contributed by atoms with E-state index in [1.807, 2.05) is 6.08 Å². The number of nitrogens with zero attached hydrogens (tertiary/aromatic N) is 3. The van der Waals surface area contributed by atoms with Crippen LogP contribution in [-0.2, 0) is 0 Å². The lowest BCUT2D eigenvalue weighted by Crippen LogP contribution is -2.42.